The van der Waals surface area contributed by atoms with Gasteiger partial charge in [-0.1, -0.05) is 26.8 Å². The van der Waals surface area contributed by atoms with Gasteiger partial charge >= 0.3 is 12.1 Å². The normalized spacial score (nSPS) is 18.4. The van der Waals surface area contributed by atoms with E-state index in [0.717, 1.165) is 5.57 Å². The second-order valence-electron chi connectivity index (χ2n) is 9.90. The summed E-state index contributed by atoms with van der Waals surface area (Å²) in [4.78, 5) is 38.6. The molecule has 0 aromatic carbocycles. The fourth-order valence-corrected chi connectivity index (χ4v) is 3.33. The van der Waals surface area contributed by atoms with Gasteiger partial charge in [-0.3, -0.25) is 9.59 Å². The molecule has 170 valence electrons. The van der Waals surface area contributed by atoms with Crippen LogP contribution in [0.25, 0.3) is 0 Å². The zero-order valence-corrected chi connectivity index (χ0v) is 20.7. The third-order valence-corrected chi connectivity index (χ3v) is 5.42. The molecule has 2 radical (unpaired) electrons. The van der Waals surface area contributed by atoms with Crippen molar-refractivity contribution in [2.75, 3.05) is 20.2 Å². The van der Waals surface area contributed by atoms with E-state index < -0.39 is 29.3 Å². The van der Waals surface area contributed by atoms with E-state index in [-0.39, 0.29) is 40.2 Å². The van der Waals surface area contributed by atoms with Crippen LogP contribution in [-0.2, 0) is 23.5 Å². The number of rotatable bonds is 6. The van der Waals surface area contributed by atoms with Gasteiger partial charge in [-0.05, 0) is 51.7 Å². The van der Waals surface area contributed by atoms with E-state index in [2.05, 4.69) is 26.1 Å². The van der Waals surface area contributed by atoms with Crippen molar-refractivity contribution in [2.24, 2.45) is 0 Å². The maximum atomic E-state index is 13.1. The van der Waals surface area contributed by atoms with Crippen molar-refractivity contribution in [3.05, 3.63) is 11.6 Å². The lowest BCUT2D eigenvalue weighted by Crippen LogP contribution is -2.50. The lowest BCUT2D eigenvalue weighted by atomic mass is 9.97. The van der Waals surface area contributed by atoms with Crippen LogP contribution in [0.1, 0.15) is 61.8 Å². The summed E-state index contributed by atoms with van der Waals surface area (Å²) in [6, 6.07) is -0.845. The third kappa shape index (κ3) is 8.87. The molecule has 0 spiro atoms. The second-order valence-corrected chi connectivity index (χ2v) is 11.8. The molecule has 1 unspecified atom stereocenters. The molecule has 30 heavy (non-hydrogen) atoms. The molecule has 0 aromatic rings. The first kappa shape index (κ1) is 26.2. The standard InChI is InChI=1S/C21H36N2O6Si/c1-19(2,3)28-18(26)22-15-11-10-14(21(7,8)29-30-20(4,5)6)12-23(17(15)25)13-16(24)27-9/h10,15H,11-13H2,1-9H3,(H,22,26). The molecule has 1 heterocycles. The number of carbonyl (C=O) groups excluding carboxylic acids is 3. The number of esters is 1. The Bertz CT molecular complexity index is 676. The molecule has 0 bridgehead atoms. The smallest absolute Gasteiger partial charge is 0.408 e. The van der Waals surface area contributed by atoms with Crippen molar-refractivity contribution in [1.29, 1.82) is 0 Å². The van der Waals surface area contributed by atoms with E-state index in [1.165, 1.54) is 12.0 Å². The molecule has 1 atom stereocenters. The Kier molecular flexibility index (Phi) is 8.68. The van der Waals surface area contributed by atoms with E-state index in [9.17, 15) is 14.4 Å². The van der Waals surface area contributed by atoms with Crippen molar-refractivity contribution >= 4 is 27.7 Å². The van der Waals surface area contributed by atoms with Crippen LogP contribution >= 0.6 is 0 Å². The highest BCUT2D eigenvalue weighted by Gasteiger charge is 2.36. The number of carbonyl (C=O) groups is 3. The highest BCUT2D eigenvalue weighted by molar-refractivity contribution is 6.31. The van der Waals surface area contributed by atoms with E-state index in [1.807, 2.05) is 19.9 Å². The van der Waals surface area contributed by atoms with E-state index >= 15 is 0 Å². The van der Waals surface area contributed by atoms with Gasteiger partial charge in [-0.25, -0.2) is 4.79 Å². The average Bonchev–Trinajstić information content (AvgIpc) is 2.72. The van der Waals surface area contributed by atoms with Crippen molar-refractivity contribution in [2.45, 2.75) is 84.1 Å². The molecule has 0 saturated heterocycles. The Balaban J connectivity index is 3.10. The summed E-state index contributed by atoms with van der Waals surface area (Å²) in [6.45, 7) is 15.4. The minimum atomic E-state index is -0.845. The number of methoxy groups -OCH3 is 1. The van der Waals surface area contributed by atoms with Crippen LogP contribution in [-0.4, -0.2) is 70.1 Å². The van der Waals surface area contributed by atoms with E-state index in [1.54, 1.807) is 20.8 Å². The molecule has 1 aliphatic rings. The third-order valence-electron chi connectivity index (χ3n) is 4.20. The zero-order valence-electron chi connectivity index (χ0n) is 19.7. The van der Waals surface area contributed by atoms with Crippen LogP contribution in [0.3, 0.4) is 0 Å². The molecular weight excluding hydrogens is 404 g/mol. The monoisotopic (exact) mass is 440 g/mol. The number of alkyl carbamates (subject to hydrolysis) is 1. The summed E-state index contributed by atoms with van der Waals surface area (Å²) < 4.78 is 16.2. The van der Waals surface area contributed by atoms with Gasteiger partial charge in [0.15, 0.2) is 0 Å². The summed E-state index contributed by atoms with van der Waals surface area (Å²) in [5, 5.41) is 2.63. The molecular formula is C21H36N2O6Si. The van der Waals surface area contributed by atoms with Gasteiger partial charge in [0.05, 0.1) is 12.7 Å². The molecule has 1 aliphatic heterocycles. The van der Waals surface area contributed by atoms with Crippen LogP contribution in [0.5, 0.6) is 0 Å². The van der Waals surface area contributed by atoms with Gasteiger partial charge < -0.3 is 24.1 Å². The summed E-state index contributed by atoms with van der Waals surface area (Å²) in [5.41, 5.74) is -0.458. The first-order chi connectivity index (χ1) is 13.5. The molecule has 1 N–H and O–H groups in total. The van der Waals surface area contributed by atoms with Crippen LogP contribution in [0.4, 0.5) is 4.79 Å². The predicted octanol–water partition coefficient (Wildman–Crippen LogP) is 2.84. The molecule has 1 rings (SSSR count). The van der Waals surface area contributed by atoms with Gasteiger partial charge in [-0.2, -0.15) is 0 Å². The molecule has 0 saturated carbocycles. The van der Waals surface area contributed by atoms with Gasteiger partial charge in [0.1, 0.15) is 18.2 Å². The fourth-order valence-electron chi connectivity index (χ4n) is 2.64. The largest absolute Gasteiger partial charge is 0.468 e. The van der Waals surface area contributed by atoms with Gasteiger partial charge in [0, 0.05) is 6.54 Å². The molecule has 0 aromatic heterocycles. The zero-order chi connectivity index (χ0) is 23.3. The van der Waals surface area contributed by atoms with Crippen LogP contribution in [0.15, 0.2) is 11.6 Å². The van der Waals surface area contributed by atoms with Crippen molar-refractivity contribution < 1.29 is 28.3 Å². The van der Waals surface area contributed by atoms with Crippen LogP contribution in [0.2, 0.25) is 5.04 Å². The quantitative estimate of drug-likeness (QED) is 0.388. The predicted molar refractivity (Wildman–Crippen MR) is 115 cm³/mol. The molecule has 2 amide bonds. The Morgan fingerprint density at radius 3 is 2.27 bits per heavy atom. The highest BCUT2D eigenvalue weighted by atomic mass is 28.2. The van der Waals surface area contributed by atoms with E-state index in [0.29, 0.717) is 0 Å². The minimum absolute atomic E-state index is 0.00485. The highest BCUT2D eigenvalue weighted by Crippen LogP contribution is 2.29. The molecule has 0 aliphatic carbocycles. The Hall–Kier alpha value is -1.87. The number of amides is 2. The summed E-state index contributed by atoms with van der Waals surface area (Å²) in [7, 11) is 1.53. The maximum Gasteiger partial charge on any atom is 0.408 e. The topological polar surface area (TPSA) is 94.2 Å². The fraction of sp³-hybridized carbons (Fsp3) is 0.762. The molecule has 8 nitrogen and oxygen atoms in total. The maximum absolute atomic E-state index is 13.1. The summed E-state index contributed by atoms with van der Waals surface area (Å²) in [5.74, 6) is -0.900. The number of ether oxygens (including phenoxy) is 2. The Morgan fingerprint density at radius 1 is 1.17 bits per heavy atom. The Labute approximate surface area is 182 Å². The SMILES string of the molecule is COC(=O)CN1CC(C(C)(C)O[Si]C(C)(C)C)=CCC(NC(=O)OC(C)(C)C)C1=O. The van der Waals surface area contributed by atoms with Gasteiger partial charge in [-0.15, -0.1) is 0 Å². The number of nitrogens with zero attached hydrogens (tertiary/aromatic N) is 1. The van der Waals surface area contributed by atoms with Crippen LogP contribution < -0.4 is 5.32 Å². The first-order valence-electron chi connectivity index (χ1n) is 10.0. The number of hydrogen-bond acceptors (Lipinski definition) is 6. The van der Waals surface area contributed by atoms with Crippen molar-refractivity contribution in [3.63, 3.8) is 0 Å². The average molecular weight is 441 g/mol. The van der Waals surface area contributed by atoms with Gasteiger partial charge in [0.25, 0.3) is 0 Å². The lowest BCUT2D eigenvalue weighted by Gasteiger charge is -2.33. The number of nitrogens with one attached hydrogen (secondary N) is 1. The van der Waals surface area contributed by atoms with Crippen LogP contribution in [0, 0.1) is 0 Å². The summed E-state index contributed by atoms with van der Waals surface area (Å²) in [6.07, 6.45) is 1.50. The minimum Gasteiger partial charge on any atom is -0.468 e. The first-order valence-corrected chi connectivity index (χ1v) is 10.9. The molecule has 0 fully saturated rings. The lowest BCUT2D eigenvalue weighted by molar-refractivity contribution is -0.147. The molecule has 9 heteroatoms. The summed E-state index contributed by atoms with van der Waals surface area (Å²) >= 11 is 0. The van der Waals surface area contributed by atoms with Gasteiger partial charge in [0.2, 0.25) is 15.7 Å². The second kappa shape index (κ2) is 9.96. The van der Waals surface area contributed by atoms with E-state index in [4.69, 9.17) is 13.9 Å². The van der Waals surface area contributed by atoms with Crippen molar-refractivity contribution in [3.8, 4) is 0 Å². The Morgan fingerprint density at radius 2 is 1.77 bits per heavy atom. The number of hydrogen-bond donors (Lipinski definition) is 1. The van der Waals surface area contributed by atoms with Crippen molar-refractivity contribution in [1.82, 2.24) is 10.2 Å².